The van der Waals surface area contributed by atoms with E-state index in [0.29, 0.717) is 0 Å². The van der Waals surface area contributed by atoms with E-state index in [1.165, 1.54) is 12.1 Å². The van der Waals surface area contributed by atoms with Crippen LogP contribution in [0.2, 0.25) is 0 Å². The number of hydrogen-bond donors (Lipinski definition) is 1. The first-order valence-corrected chi connectivity index (χ1v) is 5.76. The highest BCUT2D eigenvalue weighted by atomic mass is 19.4. The Bertz CT molecular complexity index is 583. The largest absolute Gasteiger partial charge is 0.573 e. The highest BCUT2D eigenvalue weighted by Crippen LogP contribution is 2.25. The summed E-state index contributed by atoms with van der Waals surface area (Å²) in [6.45, 7) is 0. The minimum absolute atomic E-state index is 0.0855. The average Bonchev–Trinajstić information content (AvgIpc) is 2.44. The zero-order chi connectivity index (χ0) is 16.8. The van der Waals surface area contributed by atoms with Gasteiger partial charge in [0, 0.05) is 11.8 Å². The van der Waals surface area contributed by atoms with Gasteiger partial charge < -0.3 is 19.5 Å². The number of methoxy groups -OCH3 is 2. The zero-order valence-corrected chi connectivity index (χ0v) is 11.6. The van der Waals surface area contributed by atoms with E-state index < -0.39 is 24.1 Å². The number of esters is 2. The van der Waals surface area contributed by atoms with Crippen molar-refractivity contribution in [3.05, 3.63) is 36.0 Å². The van der Waals surface area contributed by atoms with Crippen LogP contribution in [0.3, 0.4) is 0 Å². The van der Waals surface area contributed by atoms with E-state index in [2.05, 4.69) is 19.5 Å². The Morgan fingerprint density at radius 2 is 1.86 bits per heavy atom. The number of anilines is 1. The summed E-state index contributed by atoms with van der Waals surface area (Å²) in [5.41, 5.74) is -0.221. The number of nitrogens with one attached hydrogen (secondary N) is 1. The lowest BCUT2D eigenvalue weighted by molar-refractivity contribution is -0.274. The van der Waals surface area contributed by atoms with Crippen LogP contribution >= 0.6 is 0 Å². The minimum atomic E-state index is -4.84. The van der Waals surface area contributed by atoms with E-state index in [1.807, 2.05) is 0 Å². The van der Waals surface area contributed by atoms with E-state index in [9.17, 15) is 22.8 Å². The molecule has 0 atom stereocenters. The third kappa shape index (κ3) is 5.73. The van der Waals surface area contributed by atoms with Gasteiger partial charge in [-0.15, -0.1) is 13.2 Å². The number of hydrogen-bond acceptors (Lipinski definition) is 6. The maximum Gasteiger partial charge on any atom is 0.573 e. The van der Waals surface area contributed by atoms with Gasteiger partial charge in [-0.25, -0.2) is 9.59 Å². The van der Waals surface area contributed by atoms with E-state index in [4.69, 9.17) is 0 Å². The maximum absolute atomic E-state index is 12.1. The molecule has 1 aromatic rings. The quantitative estimate of drug-likeness (QED) is 0.663. The molecule has 0 saturated heterocycles. The van der Waals surface area contributed by atoms with E-state index in [-0.39, 0.29) is 11.4 Å². The fraction of sp³-hybridized carbons (Fsp3) is 0.231. The first kappa shape index (κ1) is 17.3. The number of alkyl halides is 3. The molecule has 0 bridgehead atoms. The molecule has 0 aliphatic rings. The second kappa shape index (κ2) is 7.34. The summed E-state index contributed by atoms with van der Waals surface area (Å²) >= 11 is 0. The Balaban J connectivity index is 2.99. The van der Waals surface area contributed by atoms with Gasteiger partial charge in [-0.3, -0.25) is 0 Å². The van der Waals surface area contributed by atoms with Crippen molar-refractivity contribution in [1.82, 2.24) is 0 Å². The van der Waals surface area contributed by atoms with Gasteiger partial charge in [0.15, 0.2) is 0 Å². The van der Waals surface area contributed by atoms with Gasteiger partial charge in [-0.1, -0.05) is 6.07 Å². The van der Waals surface area contributed by atoms with E-state index in [0.717, 1.165) is 32.4 Å². The van der Waals surface area contributed by atoms with Crippen LogP contribution in [0.1, 0.15) is 0 Å². The van der Waals surface area contributed by atoms with E-state index in [1.54, 1.807) is 0 Å². The molecule has 0 radical (unpaired) electrons. The van der Waals surface area contributed by atoms with Crippen molar-refractivity contribution >= 4 is 17.6 Å². The van der Waals surface area contributed by atoms with Crippen molar-refractivity contribution in [1.29, 1.82) is 0 Å². The van der Waals surface area contributed by atoms with Crippen LogP contribution < -0.4 is 10.1 Å². The second-order valence-electron chi connectivity index (χ2n) is 3.77. The van der Waals surface area contributed by atoms with Gasteiger partial charge in [0.25, 0.3) is 0 Å². The number of carbonyl (C=O) groups is 2. The number of carbonyl (C=O) groups excluding carboxylic acids is 2. The van der Waals surface area contributed by atoms with Crippen molar-refractivity contribution in [3.63, 3.8) is 0 Å². The molecule has 0 aliphatic carbocycles. The molecule has 0 saturated carbocycles. The highest BCUT2D eigenvalue weighted by molar-refractivity contribution is 5.98. The average molecular weight is 319 g/mol. The van der Waals surface area contributed by atoms with Crippen LogP contribution in [0.4, 0.5) is 18.9 Å². The predicted molar refractivity (Wildman–Crippen MR) is 68.9 cm³/mol. The van der Waals surface area contributed by atoms with E-state index >= 15 is 0 Å². The molecule has 0 aliphatic heterocycles. The van der Waals surface area contributed by atoms with Crippen molar-refractivity contribution < 1.29 is 37.0 Å². The van der Waals surface area contributed by atoms with Crippen LogP contribution in [0.15, 0.2) is 36.0 Å². The van der Waals surface area contributed by atoms with Crippen LogP contribution in [0.25, 0.3) is 0 Å². The number of rotatable bonds is 5. The normalized spacial score (nSPS) is 11.6. The fourth-order valence-electron chi connectivity index (χ4n) is 1.36. The lowest BCUT2D eigenvalue weighted by Crippen LogP contribution is -2.18. The Morgan fingerprint density at radius 3 is 2.41 bits per heavy atom. The summed E-state index contributed by atoms with van der Waals surface area (Å²) in [5.74, 6) is -2.22. The molecular formula is C13H12F3NO5. The standard InChI is InChI=1S/C13H12F3NO5/c1-20-11(18)7-10(12(19)21-2)17-8-4-3-5-9(6-8)22-13(14,15)16/h3-7,17H,1-2H3/b10-7+. The fourth-order valence-corrected chi connectivity index (χ4v) is 1.36. The lowest BCUT2D eigenvalue weighted by atomic mass is 10.2. The number of halogens is 3. The summed E-state index contributed by atoms with van der Waals surface area (Å²) in [6.07, 6.45) is -4.03. The SMILES string of the molecule is COC(=O)/C=C(/Nc1cccc(OC(F)(F)F)c1)C(=O)OC. The van der Waals surface area contributed by atoms with Crippen LogP contribution in [-0.4, -0.2) is 32.5 Å². The molecule has 1 aromatic carbocycles. The molecule has 0 unspecified atom stereocenters. The first-order valence-electron chi connectivity index (χ1n) is 5.76. The van der Waals surface area contributed by atoms with Gasteiger partial charge in [0.1, 0.15) is 11.4 Å². The van der Waals surface area contributed by atoms with Gasteiger partial charge in [0.2, 0.25) is 0 Å². The van der Waals surface area contributed by atoms with Crippen molar-refractivity contribution in [2.45, 2.75) is 6.36 Å². The Hall–Kier alpha value is -2.71. The van der Waals surface area contributed by atoms with Gasteiger partial charge in [-0.2, -0.15) is 0 Å². The van der Waals surface area contributed by atoms with Crippen LogP contribution in [-0.2, 0) is 19.1 Å². The first-order chi connectivity index (χ1) is 10.2. The summed E-state index contributed by atoms with van der Waals surface area (Å²) in [5, 5.41) is 2.46. The lowest BCUT2D eigenvalue weighted by Gasteiger charge is -2.12. The number of benzene rings is 1. The van der Waals surface area contributed by atoms with Gasteiger partial charge >= 0.3 is 18.3 Å². The summed E-state index contributed by atoms with van der Waals surface area (Å²) in [4.78, 5) is 22.7. The molecule has 1 N–H and O–H groups in total. The van der Waals surface area contributed by atoms with Crippen molar-refractivity contribution in [2.75, 3.05) is 19.5 Å². The molecule has 22 heavy (non-hydrogen) atoms. The van der Waals surface area contributed by atoms with Crippen molar-refractivity contribution in [2.24, 2.45) is 0 Å². The molecule has 0 fully saturated rings. The Labute approximate surface area is 123 Å². The van der Waals surface area contributed by atoms with Crippen LogP contribution in [0, 0.1) is 0 Å². The zero-order valence-electron chi connectivity index (χ0n) is 11.6. The molecule has 1 rings (SSSR count). The molecule has 0 spiro atoms. The second-order valence-corrected chi connectivity index (χ2v) is 3.77. The molecule has 0 aromatic heterocycles. The summed E-state index contributed by atoms with van der Waals surface area (Å²) in [6, 6.07) is 4.73. The minimum Gasteiger partial charge on any atom is -0.466 e. The maximum atomic E-state index is 12.1. The molecule has 6 nitrogen and oxygen atoms in total. The smallest absolute Gasteiger partial charge is 0.466 e. The molecule has 120 valence electrons. The highest BCUT2D eigenvalue weighted by Gasteiger charge is 2.31. The third-order valence-corrected chi connectivity index (χ3v) is 2.22. The van der Waals surface area contributed by atoms with Gasteiger partial charge in [0.05, 0.1) is 20.3 Å². The summed E-state index contributed by atoms with van der Waals surface area (Å²) in [7, 11) is 2.18. The number of ether oxygens (including phenoxy) is 3. The van der Waals surface area contributed by atoms with Gasteiger partial charge in [-0.05, 0) is 12.1 Å². The molecule has 0 amide bonds. The third-order valence-electron chi connectivity index (χ3n) is 2.22. The van der Waals surface area contributed by atoms with Crippen LogP contribution in [0.5, 0.6) is 5.75 Å². The molecular weight excluding hydrogens is 307 g/mol. The monoisotopic (exact) mass is 319 g/mol. The summed E-state index contributed by atoms with van der Waals surface area (Å²) < 4.78 is 49.0. The molecule has 0 heterocycles. The van der Waals surface area contributed by atoms with Crippen molar-refractivity contribution in [3.8, 4) is 5.75 Å². The Kier molecular flexibility index (Phi) is 5.79. The molecule has 9 heteroatoms. The Morgan fingerprint density at radius 1 is 1.18 bits per heavy atom. The predicted octanol–water partition coefficient (Wildman–Crippen LogP) is 2.23. The topological polar surface area (TPSA) is 73.9 Å².